The number of methoxy groups -OCH3 is 2. The van der Waals surface area contributed by atoms with Crippen LogP contribution in [0.3, 0.4) is 0 Å². The van der Waals surface area contributed by atoms with Crippen molar-refractivity contribution in [1.82, 2.24) is 5.32 Å². The highest BCUT2D eigenvalue weighted by Crippen LogP contribution is 2.22. The zero-order valence-electron chi connectivity index (χ0n) is 14.8. The molecular formula is C20H25NO3. The summed E-state index contributed by atoms with van der Waals surface area (Å²) in [5.74, 6) is 1.09. The van der Waals surface area contributed by atoms with Crippen molar-refractivity contribution in [1.29, 1.82) is 0 Å². The number of ether oxygens (including phenoxy) is 2. The highest BCUT2D eigenvalue weighted by molar-refractivity contribution is 5.95. The summed E-state index contributed by atoms with van der Waals surface area (Å²) in [6.45, 7) is 4.86. The molecule has 0 heterocycles. The van der Waals surface area contributed by atoms with Crippen molar-refractivity contribution in [2.24, 2.45) is 0 Å². The molecule has 4 nitrogen and oxygen atoms in total. The Hall–Kier alpha value is -2.49. The maximum Gasteiger partial charge on any atom is 0.251 e. The summed E-state index contributed by atoms with van der Waals surface area (Å²) in [5, 5.41) is 2.95. The molecule has 0 aromatic heterocycles. The van der Waals surface area contributed by atoms with E-state index < -0.39 is 0 Å². The van der Waals surface area contributed by atoms with Gasteiger partial charge in [0.1, 0.15) is 11.5 Å². The third kappa shape index (κ3) is 4.75. The first-order valence-corrected chi connectivity index (χ1v) is 8.11. The Morgan fingerprint density at radius 3 is 2.25 bits per heavy atom. The minimum atomic E-state index is -0.118. The summed E-state index contributed by atoms with van der Waals surface area (Å²) < 4.78 is 10.4. The van der Waals surface area contributed by atoms with Gasteiger partial charge < -0.3 is 14.8 Å². The summed E-state index contributed by atoms with van der Waals surface area (Å²) in [7, 11) is 3.14. The van der Waals surface area contributed by atoms with Crippen molar-refractivity contribution < 1.29 is 14.3 Å². The second-order valence-electron chi connectivity index (χ2n) is 5.89. The minimum absolute atomic E-state index is 0.118. The standard InChI is InChI=1S/C20H25NO3/c1-14-7-8-16(15(2)10-14)6-5-9-21-20(22)17-11-18(23-3)13-19(12-17)24-4/h7-8,10-13H,5-6,9H2,1-4H3,(H,21,22). The van der Waals surface area contributed by atoms with Crippen LogP contribution in [-0.4, -0.2) is 26.7 Å². The average Bonchev–Trinajstić information content (AvgIpc) is 2.59. The lowest BCUT2D eigenvalue weighted by Crippen LogP contribution is -2.24. The third-order valence-corrected chi connectivity index (χ3v) is 4.02. The van der Waals surface area contributed by atoms with E-state index in [-0.39, 0.29) is 5.91 Å². The molecule has 0 bridgehead atoms. The molecule has 0 aliphatic rings. The smallest absolute Gasteiger partial charge is 0.251 e. The zero-order valence-corrected chi connectivity index (χ0v) is 14.8. The van der Waals surface area contributed by atoms with E-state index in [1.54, 1.807) is 32.4 Å². The molecule has 2 aromatic carbocycles. The van der Waals surface area contributed by atoms with Crippen LogP contribution >= 0.6 is 0 Å². The zero-order chi connectivity index (χ0) is 17.5. The van der Waals surface area contributed by atoms with Gasteiger partial charge in [0.05, 0.1) is 14.2 Å². The molecule has 0 saturated carbocycles. The van der Waals surface area contributed by atoms with Gasteiger partial charge in [-0.1, -0.05) is 23.8 Å². The highest BCUT2D eigenvalue weighted by Gasteiger charge is 2.09. The normalized spacial score (nSPS) is 10.3. The van der Waals surface area contributed by atoms with Crippen molar-refractivity contribution in [3.8, 4) is 11.5 Å². The Bertz CT molecular complexity index is 688. The molecule has 0 aliphatic carbocycles. The summed E-state index contributed by atoms with van der Waals surface area (Å²) in [4.78, 5) is 12.3. The number of carbonyl (C=O) groups is 1. The van der Waals surface area contributed by atoms with Gasteiger partial charge in [-0.3, -0.25) is 4.79 Å². The monoisotopic (exact) mass is 327 g/mol. The number of carbonyl (C=O) groups excluding carboxylic acids is 1. The topological polar surface area (TPSA) is 47.6 Å². The van der Waals surface area contributed by atoms with E-state index in [9.17, 15) is 4.79 Å². The van der Waals surface area contributed by atoms with Crippen molar-refractivity contribution in [2.75, 3.05) is 20.8 Å². The van der Waals surface area contributed by atoms with Gasteiger partial charge in [-0.15, -0.1) is 0 Å². The van der Waals surface area contributed by atoms with E-state index in [4.69, 9.17) is 9.47 Å². The third-order valence-electron chi connectivity index (χ3n) is 4.02. The van der Waals surface area contributed by atoms with Crippen LogP contribution in [0.4, 0.5) is 0 Å². The van der Waals surface area contributed by atoms with Crippen LogP contribution in [-0.2, 0) is 6.42 Å². The Balaban J connectivity index is 1.89. The maximum atomic E-state index is 12.3. The number of aryl methyl sites for hydroxylation is 3. The first-order chi connectivity index (χ1) is 11.5. The van der Waals surface area contributed by atoms with E-state index in [2.05, 4.69) is 37.4 Å². The van der Waals surface area contributed by atoms with E-state index >= 15 is 0 Å². The second-order valence-corrected chi connectivity index (χ2v) is 5.89. The van der Waals surface area contributed by atoms with E-state index in [1.807, 2.05) is 0 Å². The molecule has 0 atom stereocenters. The number of hydrogen-bond acceptors (Lipinski definition) is 3. The Labute approximate surface area is 143 Å². The summed E-state index contributed by atoms with van der Waals surface area (Å²) in [6, 6.07) is 11.7. The molecule has 128 valence electrons. The number of hydrogen-bond donors (Lipinski definition) is 1. The fourth-order valence-corrected chi connectivity index (χ4v) is 2.65. The summed E-state index contributed by atoms with van der Waals surface area (Å²) in [6.07, 6.45) is 1.85. The van der Waals surface area contributed by atoms with Crippen molar-refractivity contribution >= 4 is 5.91 Å². The van der Waals surface area contributed by atoms with E-state index in [1.165, 1.54) is 16.7 Å². The van der Waals surface area contributed by atoms with Gasteiger partial charge in [0.15, 0.2) is 0 Å². The van der Waals surface area contributed by atoms with Crippen LogP contribution in [0.5, 0.6) is 11.5 Å². The van der Waals surface area contributed by atoms with Crippen LogP contribution in [0, 0.1) is 13.8 Å². The molecule has 2 rings (SSSR count). The lowest BCUT2D eigenvalue weighted by molar-refractivity contribution is 0.0952. The Morgan fingerprint density at radius 1 is 1.00 bits per heavy atom. The van der Waals surface area contributed by atoms with Gasteiger partial charge in [-0.05, 0) is 49.9 Å². The minimum Gasteiger partial charge on any atom is -0.497 e. The van der Waals surface area contributed by atoms with Crippen LogP contribution in [0.1, 0.15) is 33.5 Å². The number of rotatable bonds is 7. The fourth-order valence-electron chi connectivity index (χ4n) is 2.65. The lowest BCUT2D eigenvalue weighted by Gasteiger charge is -2.10. The summed E-state index contributed by atoms with van der Waals surface area (Å²) >= 11 is 0. The van der Waals surface area contributed by atoms with Crippen molar-refractivity contribution in [3.05, 3.63) is 58.7 Å². The molecule has 0 fully saturated rings. The summed E-state index contributed by atoms with van der Waals surface area (Å²) in [5.41, 5.74) is 4.45. The van der Waals surface area contributed by atoms with Crippen LogP contribution in [0.15, 0.2) is 36.4 Å². The van der Waals surface area contributed by atoms with Crippen LogP contribution < -0.4 is 14.8 Å². The lowest BCUT2D eigenvalue weighted by atomic mass is 10.0. The van der Waals surface area contributed by atoms with Crippen molar-refractivity contribution in [2.45, 2.75) is 26.7 Å². The molecule has 0 radical (unpaired) electrons. The molecule has 24 heavy (non-hydrogen) atoms. The molecule has 0 spiro atoms. The quantitative estimate of drug-likeness (QED) is 0.789. The SMILES string of the molecule is COc1cc(OC)cc(C(=O)NCCCc2ccc(C)cc2C)c1. The average molecular weight is 327 g/mol. The number of amides is 1. The van der Waals surface area contributed by atoms with Gasteiger partial charge in [-0.2, -0.15) is 0 Å². The molecule has 4 heteroatoms. The molecule has 0 saturated heterocycles. The molecule has 0 unspecified atom stereocenters. The first kappa shape index (κ1) is 17.9. The predicted molar refractivity (Wildman–Crippen MR) is 96.1 cm³/mol. The molecule has 1 amide bonds. The Kier molecular flexibility index (Phi) is 6.24. The van der Waals surface area contributed by atoms with Gasteiger partial charge in [0.25, 0.3) is 5.91 Å². The van der Waals surface area contributed by atoms with Crippen molar-refractivity contribution in [3.63, 3.8) is 0 Å². The molecule has 1 N–H and O–H groups in total. The molecule has 2 aromatic rings. The first-order valence-electron chi connectivity index (χ1n) is 8.11. The van der Waals surface area contributed by atoms with E-state index in [0.29, 0.717) is 23.6 Å². The van der Waals surface area contributed by atoms with Gasteiger partial charge in [0.2, 0.25) is 0 Å². The fraction of sp³-hybridized carbons (Fsp3) is 0.350. The van der Waals surface area contributed by atoms with Crippen LogP contribution in [0.2, 0.25) is 0 Å². The maximum absolute atomic E-state index is 12.3. The largest absolute Gasteiger partial charge is 0.497 e. The van der Waals surface area contributed by atoms with Gasteiger partial charge >= 0.3 is 0 Å². The highest BCUT2D eigenvalue weighted by atomic mass is 16.5. The number of benzene rings is 2. The van der Waals surface area contributed by atoms with Crippen LogP contribution in [0.25, 0.3) is 0 Å². The number of nitrogens with one attached hydrogen (secondary N) is 1. The van der Waals surface area contributed by atoms with Gasteiger partial charge in [0, 0.05) is 18.2 Å². The molecular weight excluding hydrogens is 302 g/mol. The van der Waals surface area contributed by atoms with Gasteiger partial charge in [-0.25, -0.2) is 0 Å². The predicted octanol–water partition coefficient (Wildman–Crippen LogP) is 3.68. The second kappa shape index (κ2) is 8.39. The Morgan fingerprint density at radius 2 is 1.67 bits per heavy atom. The van der Waals surface area contributed by atoms with E-state index in [0.717, 1.165) is 12.8 Å². The molecule has 0 aliphatic heterocycles.